The highest BCUT2D eigenvalue weighted by atomic mass is 35.5. The summed E-state index contributed by atoms with van der Waals surface area (Å²) in [6, 6.07) is 0. The third-order valence-electron chi connectivity index (χ3n) is 3.47. The minimum Gasteiger partial charge on any atom is -0.341 e. The van der Waals surface area contributed by atoms with Crippen LogP contribution in [0, 0.1) is 5.92 Å². The molecule has 2 aliphatic rings. The molecule has 1 amide bonds. The molecule has 2 fully saturated rings. The molecule has 2 nitrogen and oxygen atoms in total. The fourth-order valence-corrected chi connectivity index (χ4v) is 2.95. The fourth-order valence-electron chi connectivity index (χ4n) is 2.56. The highest BCUT2D eigenvalue weighted by molar-refractivity contribution is 6.30. The maximum Gasteiger partial charge on any atom is 0.240 e. The Balaban J connectivity index is 1.89. The summed E-state index contributed by atoms with van der Waals surface area (Å²) in [5.74, 6) is 0.640. The van der Waals surface area contributed by atoms with Gasteiger partial charge in [-0.15, -0.1) is 11.6 Å². The second-order valence-corrected chi connectivity index (χ2v) is 4.95. The van der Waals surface area contributed by atoms with Gasteiger partial charge in [-0.1, -0.05) is 12.8 Å². The van der Waals surface area contributed by atoms with Crippen LogP contribution < -0.4 is 0 Å². The van der Waals surface area contributed by atoms with Gasteiger partial charge in [0.25, 0.3) is 0 Å². The number of carbonyl (C=O) groups is 1. The first-order valence-electron chi connectivity index (χ1n) is 5.72. The largest absolute Gasteiger partial charge is 0.341 e. The number of alkyl halides is 1. The molecule has 0 N–H and O–H groups in total. The first kappa shape index (κ1) is 10.3. The zero-order valence-corrected chi connectivity index (χ0v) is 9.30. The zero-order valence-electron chi connectivity index (χ0n) is 8.54. The lowest BCUT2D eigenvalue weighted by molar-refractivity contribution is -0.130. The van der Waals surface area contributed by atoms with E-state index in [0.29, 0.717) is 5.92 Å². The van der Waals surface area contributed by atoms with E-state index in [9.17, 15) is 4.79 Å². The molecule has 0 bridgehead atoms. The summed E-state index contributed by atoms with van der Waals surface area (Å²) in [5, 5.41) is -0.240. The van der Waals surface area contributed by atoms with E-state index in [1.807, 2.05) is 4.90 Å². The van der Waals surface area contributed by atoms with E-state index >= 15 is 0 Å². The van der Waals surface area contributed by atoms with Crippen molar-refractivity contribution < 1.29 is 4.79 Å². The lowest BCUT2D eigenvalue weighted by atomic mass is 10.0. The Morgan fingerprint density at radius 2 is 1.71 bits per heavy atom. The summed E-state index contributed by atoms with van der Waals surface area (Å²) in [7, 11) is 0. The number of hydrogen-bond acceptors (Lipinski definition) is 1. The van der Waals surface area contributed by atoms with E-state index in [2.05, 4.69) is 0 Å². The van der Waals surface area contributed by atoms with Crippen LogP contribution in [0.15, 0.2) is 0 Å². The van der Waals surface area contributed by atoms with E-state index in [1.165, 1.54) is 12.8 Å². The molecule has 0 spiro atoms. The molecule has 0 aromatic rings. The topological polar surface area (TPSA) is 20.3 Å². The molecular formula is C11H18ClNO. The molecule has 1 saturated carbocycles. The van der Waals surface area contributed by atoms with Crippen LogP contribution >= 0.6 is 11.6 Å². The van der Waals surface area contributed by atoms with Gasteiger partial charge >= 0.3 is 0 Å². The van der Waals surface area contributed by atoms with Crippen molar-refractivity contribution in [2.75, 3.05) is 13.1 Å². The summed E-state index contributed by atoms with van der Waals surface area (Å²) in [6.07, 6.45) is 7.10. The van der Waals surface area contributed by atoms with Gasteiger partial charge < -0.3 is 4.90 Å². The molecule has 1 unspecified atom stereocenters. The lowest BCUT2D eigenvalue weighted by Gasteiger charge is -2.22. The van der Waals surface area contributed by atoms with Gasteiger partial charge in [0.2, 0.25) is 5.91 Å². The Hall–Kier alpha value is -0.240. The number of nitrogens with zero attached hydrogens (tertiary/aromatic N) is 1. The van der Waals surface area contributed by atoms with Crippen LogP contribution in [0.3, 0.4) is 0 Å². The standard InChI is InChI=1S/C11H18ClNO/c12-10(9-5-1-2-6-9)11(14)13-7-3-4-8-13/h9-10H,1-8H2. The van der Waals surface area contributed by atoms with Gasteiger partial charge in [-0.05, 0) is 31.6 Å². The van der Waals surface area contributed by atoms with Crippen LogP contribution in [0.1, 0.15) is 38.5 Å². The van der Waals surface area contributed by atoms with Crippen LogP contribution in [-0.2, 0) is 4.79 Å². The van der Waals surface area contributed by atoms with Gasteiger partial charge in [-0.25, -0.2) is 0 Å². The van der Waals surface area contributed by atoms with Crippen molar-refractivity contribution in [2.45, 2.75) is 43.9 Å². The Kier molecular flexibility index (Phi) is 3.32. The summed E-state index contributed by atoms with van der Waals surface area (Å²) in [6.45, 7) is 1.85. The molecule has 2 rings (SSSR count). The van der Waals surface area contributed by atoms with Gasteiger partial charge in [0, 0.05) is 13.1 Å². The first-order valence-corrected chi connectivity index (χ1v) is 6.15. The van der Waals surface area contributed by atoms with Crippen molar-refractivity contribution in [3.63, 3.8) is 0 Å². The molecule has 80 valence electrons. The van der Waals surface area contributed by atoms with Crippen molar-refractivity contribution in [3.05, 3.63) is 0 Å². The van der Waals surface area contributed by atoms with Crippen molar-refractivity contribution in [1.82, 2.24) is 4.90 Å². The number of hydrogen-bond donors (Lipinski definition) is 0. The molecule has 0 radical (unpaired) electrons. The maximum atomic E-state index is 11.9. The van der Waals surface area contributed by atoms with Gasteiger partial charge in [-0.2, -0.15) is 0 Å². The minimum absolute atomic E-state index is 0.191. The van der Waals surface area contributed by atoms with E-state index < -0.39 is 0 Å². The predicted molar refractivity (Wildman–Crippen MR) is 57.4 cm³/mol. The van der Waals surface area contributed by atoms with Crippen LogP contribution in [0.25, 0.3) is 0 Å². The molecule has 14 heavy (non-hydrogen) atoms. The fraction of sp³-hybridized carbons (Fsp3) is 0.909. The third kappa shape index (κ3) is 2.05. The number of carbonyl (C=O) groups excluding carboxylic acids is 1. The maximum absolute atomic E-state index is 11.9. The van der Waals surface area contributed by atoms with Crippen molar-refractivity contribution in [3.8, 4) is 0 Å². The molecule has 3 heteroatoms. The molecular weight excluding hydrogens is 198 g/mol. The minimum atomic E-state index is -0.240. The van der Waals surface area contributed by atoms with Crippen LogP contribution in [-0.4, -0.2) is 29.3 Å². The third-order valence-corrected chi connectivity index (χ3v) is 4.01. The monoisotopic (exact) mass is 215 g/mol. The quantitative estimate of drug-likeness (QED) is 0.648. The van der Waals surface area contributed by atoms with Crippen LogP contribution in [0.2, 0.25) is 0 Å². The summed E-state index contributed by atoms with van der Waals surface area (Å²) in [4.78, 5) is 13.9. The average Bonchev–Trinajstić information content (AvgIpc) is 2.87. The van der Waals surface area contributed by atoms with E-state index in [0.717, 1.165) is 38.8 Å². The highest BCUT2D eigenvalue weighted by Crippen LogP contribution is 2.31. The van der Waals surface area contributed by atoms with E-state index in [1.54, 1.807) is 0 Å². The Labute approximate surface area is 90.6 Å². The molecule has 1 atom stereocenters. The Morgan fingerprint density at radius 3 is 2.29 bits per heavy atom. The lowest BCUT2D eigenvalue weighted by Crippen LogP contribution is -2.37. The molecule has 0 aromatic heterocycles. The van der Waals surface area contributed by atoms with Crippen molar-refractivity contribution in [2.24, 2.45) is 5.92 Å². The summed E-state index contributed by atoms with van der Waals surface area (Å²) in [5.41, 5.74) is 0. The van der Waals surface area contributed by atoms with Gasteiger partial charge in [0.1, 0.15) is 5.38 Å². The van der Waals surface area contributed by atoms with Crippen LogP contribution in [0.4, 0.5) is 0 Å². The van der Waals surface area contributed by atoms with E-state index in [4.69, 9.17) is 11.6 Å². The highest BCUT2D eigenvalue weighted by Gasteiger charge is 2.32. The normalized spacial score (nSPS) is 25.6. The summed E-state index contributed by atoms with van der Waals surface area (Å²) >= 11 is 6.23. The SMILES string of the molecule is O=C(C(Cl)C1CCCC1)N1CCCC1. The van der Waals surface area contributed by atoms with Gasteiger partial charge in [0.15, 0.2) is 0 Å². The van der Waals surface area contributed by atoms with Crippen LogP contribution in [0.5, 0.6) is 0 Å². The Bertz CT molecular complexity index is 207. The smallest absolute Gasteiger partial charge is 0.240 e. The number of rotatable bonds is 2. The number of halogens is 1. The number of amides is 1. The second kappa shape index (κ2) is 4.52. The van der Waals surface area contributed by atoms with Gasteiger partial charge in [0.05, 0.1) is 0 Å². The number of likely N-dealkylation sites (tertiary alicyclic amines) is 1. The Morgan fingerprint density at radius 1 is 1.14 bits per heavy atom. The van der Waals surface area contributed by atoms with Crippen molar-refractivity contribution >= 4 is 17.5 Å². The van der Waals surface area contributed by atoms with Gasteiger partial charge in [-0.3, -0.25) is 4.79 Å². The molecule has 0 aromatic carbocycles. The molecule has 1 aliphatic carbocycles. The molecule has 1 saturated heterocycles. The molecule has 1 heterocycles. The average molecular weight is 216 g/mol. The first-order chi connectivity index (χ1) is 6.79. The van der Waals surface area contributed by atoms with Crippen molar-refractivity contribution in [1.29, 1.82) is 0 Å². The zero-order chi connectivity index (χ0) is 9.97. The molecule has 1 aliphatic heterocycles. The predicted octanol–water partition coefficient (Wildman–Crippen LogP) is 2.41. The summed E-state index contributed by atoms with van der Waals surface area (Å²) < 4.78 is 0. The van der Waals surface area contributed by atoms with E-state index in [-0.39, 0.29) is 11.3 Å². The second-order valence-electron chi connectivity index (χ2n) is 4.48.